The number of amides is 1. The third kappa shape index (κ3) is 5.75. The van der Waals surface area contributed by atoms with Crippen LogP contribution in [0.3, 0.4) is 0 Å². The van der Waals surface area contributed by atoms with E-state index >= 15 is 0 Å². The molecule has 7 heteroatoms. The Labute approximate surface area is 135 Å². The molecule has 22 heavy (non-hydrogen) atoms. The monoisotopic (exact) mass is 325 g/mol. The van der Waals surface area contributed by atoms with Crippen molar-refractivity contribution in [1.29, 1.82) is 0 Å². The molecule has 0 aliphatic carbocycles. The van der Waals surface area contributed by atoms with Crippen LogP contribution in [0.1, 0.15) is 23.0 Å². The Balaban J connectivity index is 1.75. The van der Waals surface area contributed by atoms with Crippen molar-refractivity contribution in [3.8, 4) is 0 Å². The van der Waals surface area contributed by atoms with Gasteiger partial charge in [-0.1, -0.05) is 6.07 Å². The zero-order valence-electron chi connectivity index (χ0n) is 12.9. The Morgan fingerprint density at radius 1 is 1.50 bits per heavy atom. The first-order valence-electron chi connectivity index (χ1n) is 7.62. The number of rotatable bonds is 6. The zero-order valence-corrected chi connectivity index (χ0v) is 13.7. The minimum absolute atomic E-state index is 0.171. The number of aliphatic imine (C=N–C) groups is 1. The molecule has 2 heterocycles. The van der Waals surface area contributed by atoms with Crippen molar-refractivity contribution in [2.75, 3.05) is 46.0 Å². The quantitative estimate of drug-likeness (QED) is 0.490. The molecule has 1 N–H and O–H groups in total. The van der Waals surface area contributed by atoms with Gasteiger partial charge in [-0.15, -0.1) is 11.3 Å². The molecule has 0 unspecified atom stereocenters. The third-order valence-corrected chi connectivity index (χ3v) is 4.11. The van der Waals surface area contributed by atoms with E-state index in [1.807, 2.05) is 18.4 Å². The molecule has 1 aliphatic rings. The van der Waals surface area contributed by atoms with Crippen molar-refractivity contribution in [2.24, 2.45) is 4.99 Å². The van der Waals surface area contributed by atoms with Crippen molar-refractivity contribution in [3.05, 3.63) is 22.4 Å². The number of hydrogen-bond donors (Lipinski definition) is 1. The predicted octanol–water partition coefficient (Wildman–Crippen LogP) is 1.59. The fourth-order valence-electron chi connectivity index (χ4n) is 2.12. The predicted molar refractivity (Wildman–Crippen MR) is 87.6 cm³/mol. The van der Waals surface area contributed by atoms with Crippen LogP contribution in [0.2, 0.25) is 0 Å². The van der Waals surface area contributed by atoms with Gasteiger partial charge in [-0.2, -0.15) is 0 Å². The van der Waals surface area contributed by atoms with Crippen molar-refractivity contribution >= 4 is 23.3 Å². The molecule has 2 rings (SSSR count). The average Bonchev–Trinajstić information content (AvgIpc) is 3.07. The Hall–Kier alpha value is -1.44. The van der Waals surface area contributed by atoms with Crippen LogP contribution in [0, 0.1) is 0 Å². The molecule has 1 fully saturated rings. The molecule has 0 saturated carbocycles. The number of carbonyl (C=O) groups excluding carboxylic acids is 1. The van der Waals surface area contributed by atoms with Gasteiger partial charge in [-0.25, -0.2) is 4.99 Å². The van der Waals surface area contributed by atoms with Gasteiger partial charge in [0, 0.05) is 26.2 Å². The van der Waals surface area contributed by atoms with Gasteiger partial charge in [-0.3, -0.25) is 15.0 Å². The molecule has 0 atom stereocenters. The molecule has 0 bridgehead atoms. The maximum Gasteiger partial charge on any atom is 0.291 e. The molecule has 6 nitrogen and oxygen atoms in total. The fraction of sp³-hybridized carbons (Fsp3) is 0.600. The van der Waals surface area contributed by atoms with Gasteiger partial charge in [-0.05, 0) is 24.8 Å². The second-order valence-electron chi connectivity index (χ2n) is 4.86. The molecule has 0 spiro atoms. The molecule has 1 amide bonds. The normalized spacial score (nSPS) is 16.5. The van der Waals surface area contributed by atoms with Crippen LogP contribution in [0.25, 0.3) is 0 Å². The van der Waals surface area contributed by atoms with E-state index in [1.165, 1.54) is 11.3 Å². The van der Waals surface area contributed by atoms with Gasteiger partial charge < -0.3 is 9.47 Å². The molecule has 1 aromatic heterocycles. The molecule has 1 saturated heterocycles. The summed E-state index contributed by atoms with van der Waals surface area (Å²) in [5.41, 5.74) is 0. The Morgan fingerprint density at radius 3 is 3.00 bits per heavy atom. The Morgan fingerprint density at radius 2 is 2.32 bits per heavy atom. The van der Waals surface area contributed by atoms with E-state index < -0.39 is 0 Å². The van der Waals surface area contributed by atoms with Crippen LogP contribution in [0.5, 0.6) is 0 Å². The number of hydrogen-bond acceptors (Lipinski definition) is 6. The van der Waals surface area contributed by atoms with Crippen molar-refractivity contribution in [3.63, 3.8) is 0 Å². The average molecular weight is 325 g/mol. The van der Waals surface area contributed by atoms with Crippen LogP contribution in [-0.4, -0.2) is 62.8 Å². The number of carbonyl (C=O) groups is 1. The second-order valence-corrected chi connectivity index (χ2v) is 5.81. The molecular weight excluding hydrogens is 302 g/mol. The summed E-state index contributed by atoms with van der Waals surface area (Å²) in [6.45, 7) is 7.57. The third-order valence-electron chi connectivity index (χ3n) is 3.24. The summed E-state index contributed by atoms with van der Waals surface area (Å²) in [5, 5.41) is 4.59. The van der Waals surface area contributed by atoms with Gasteiger partial charge in [0.05, 0.1) is 24.7 Å². The lowest BCUT2D eigenvalue weighted by atomic mass is 10.3. The standard InChI is InChI=1S/C15H23N3O3S/c1-2-21-15(17-14(19)13-5-3-12-22-13)16-6-4-7-18-8-10-20-11-9-18/h3,5,12H,2,4,6-11H2,1H3,(H,16,17,19). The van der Waals surface area contributed by atoms with Gasteiger partial charge in [0.15, 0.2) is 0 Å². The van der Waals surface area contributed by atoms with Crippen LogP contribution in [-0.2, 0) is 9.47 Å². The molecular formula is C15H23N3O3S. The number of nitrogens with one attached hydrogen (secondary N) is 1. The highest BCUT2D eigenvalue weighted by molar-refractivity contribution is 7.12. The smallest absolute Gasteiger partial charge is 0.291 e. The number of amidine groups is 1. The number of nitrogens with zero attached hydrogens (tertiary/aromatic N) is 2. The Bertz CT molecular complexity index is 470. The SMILES string of the molecule is CCOC(=NCCCN1CCOCC1)NC(=O)c1cccs1. The summed E-state index contributed by atoms with van der Waals surface area (Å²) in [6, 6.07) is 3.93. The van der Waals surface area contributed by atoms with Crippen LogP contribution in [0.15, 0.2) is 22.5 Å². The summed E-state index contributed by atoms with van der Waals surface area (Å²) in [7, 11) is 0. The van der Waals surface area contributed by atoms with Crippen molar-refractivity contribution in [2.45, 2.75) is 13.3 Å². The van der Waals surface area contributed by atoms with E-state index in [0.717, 1.165) is 39.3 Å². The maximum absolute atomic E-state index is 12.0. The highest BCUT2D eigenvalue weighted by atomic mass is 32.1. The lowest BCUT2D eigenvalue weighted by molar-refractivity contribution is 0.0377. The van der Waals surface area contributed by atoms with Crippen LogP contribution >= 0.6 is 11.3 Å². The molecule has 0 radical (unpaired) electrons. The molecule has 1 aliphatic heterocycles. The lowest BCUT2D eigenvalue weighted by Crippen LogP contribution is -2.37. The van der Waals surface area contributed by atoms with E-state index in [2.05, 4.69) is 15.2 Å². The first kappa shape index (κ1) is 16.9. The highest BCUT2D eigenvalue weighted by Crippen LogP contribution is 2.07. The number of thiophene rings is 1. The van der Waals surface area contributed by atoms with Gasteiger partial charge in [0.1, 0.15) is 0 Å². The van der Waals surface area contributed by atoms with Crippen molar-refractivity contribution < 1.29 is 14.3 Å². The fourth-order valence-corrected chi connectivity index (χ4v) is 2.74. The number of morpholine rings is 1. The van der Waals surface area contributed by atoms with Gasteiger partial charge in [0.2, 0.25) is 0 Å². The van der Waals surface area contributed by atoms with Crippen LogP contribution in [0.4, 0.5) is 0 Å². The van der Waals surface area contributed by atoms with Gasteiger partial charge in [0.25, 0.3) is 11.9 Å². The highest BCUT2D eigenvalue weighted by Gasteiger charge is 2.11. The van der Waals surface area contributed by atoms with E-state index in [4.69, 9.17) is 9.47 Å². The van der Waals surface area contributed by atoms with E-state index in [1.54, 1.807) is 6.07 Å². The number of ether oxygens (including phenoxy) is 2. The topological polar surface area (TPSA) is 63.2 Å². The summed E-state index contributed by atoms with van der Waals surface area (Å²) in [4.78, 5) is 19.4. The van der Waals surface area contributed by atoms with Crippen molar-refractivity contribution in [1.82, 2.24) is 10.2 Å². The maximum atomic E-state index is 12.0. The minimum Gasteiger partial charge on any atom is -0.465 e. The summed E-state index contributed by atoms with van der Waals surface area (Å²) < 4.78 is 10.7. The lowest BCUT2D eigenvalue weighted by Gasteiger charge is -2.26. The largest absolute Gasteiger partial charge is 0.465 e. The first-order chi connectivity index (χ1) is 10.8. The second kappa shape index (κ2) is 9.55. The summed E-state index contributed by atoms with van der Waals surface area (Å²) >= 11 is 1.40. The van der Waals surface area contributed by atoms with E-state index in [0.29, 0.717) is 24.1 Å². The van der Waals surface area contributed by atoms with Crippen LogP contribution < -0.4 is 5.32 Å². The summed E-state index contributed by atoms with van der Waals surface area (Å²) in [5.74, 6) is -0.171. The van der Waals surface area contributed by atoms with Gasteiger partial charge >= 0.3 is 0 Å². The first-order valence-corrected chi connectivity index (χ1v) is 8.49. The zero-order chi connectivity index (χ0) is 15.6. The van der Waals surface area contributed by atoms with E-state index in [-0.39, 0.29) is 5.91 Å². The minimum atomic E-state index is -0.171. The summed E-state index contributed by atoms with van der Waals surface area (Å²) in [6.07, 6.45) is 0.936. The Kier molecular flexibility index (Phi) is 7.35. The van der Waals surface area contributed by atoms with E-state index in [9.17, 15) is 4.79 Å². The molecule has 122 valence electrons. The molecule has 0 aromatic carbocycles. The molecule has 1 aromatic rings.